The predicted octanol–water partition coefficient (Wildman–Crippen LogP) is 1.10. The SMILES string of the molecule is CC(C)C1N(CC2CO2)C(=O)N(CC2CO2)C(=O)C1(C)C. The smallest absolute Gasteiger partial charge is 0.327 e. The van der Waals surface area contributed by atoms with Gasteiger partial charge in [0.2, 0.25) is 5.91 Å². The number of amides is 3. The molecule has 6 nitrogen and oxygen atoms in total. The van der Waals surface area contributed by atoms with Crippen LogP contribution >= 0.6 is 0 Å². The zero-order valence-corrected chi connectivity index (χ0v) is 13.2. The van der Waals surface area contributed by atoms with E-state index in [1.165, 1.54) is 4.90 Å². The van der Waals surface area contributed by atoms with Crippen molar-refractivity contribution >= 4 is 11.9 Å². The van der Waals surface area contributed by atoms with Gasteiger partial charge in [0.25, 0.3) is 0 Å². The Labute approximate surface area is 125 Å². The molecule has 3 atom stereocenters. The first-order valence-electron chi connectivity index (χ1n) is 7.68. The van der Waals surface area contributed by atoms with E-state index in [1.807, 2.05) is 18.7 Å². The first kappa shape index (κ1) is 14.8. The van der Waals surface area contributed by atoms with Crippen molar-refractivity contribution in [2.45, 2.75) is 45.9 Å². The Hall–Kier alpha value is -1.14. The number of ether oxygens (including phenoxy) is 2. The van der Waals surface area contributed by atoms with Crippen LogP contribution in [0.25, 0.3) is 0 Å². The van der Waals surface area contributed by atoms with Gasteiger partial charge in [-0.15, -0.1) is 0 Å². The van der Waals surface area contributed by atoms with Crippen LogP contribution in [-0.2, 0) is 14.3 Å². The number of imide groups is 1. The topological polar surface area (TPSA) is 65.7 Å². The number of nitrogens with zero attached hydrogens (tertiary/aromatic N) is 2. The first-order valence-corrected chi connectivity index (χ1v) is 7.68. The van der Waals surface area contributed by atoms with Gasteiger partial charge in [0, 0.05) is 6.04 Å². The molecule has 0 spiro atoms. The van der Waals surface area contributed by atoms with E-state index in [0.717, 1.165) is 0 Å². The number of hydrogen-bond donors (Lipinski definition) is 0. The summed E-state index contributed by atoms with van der Waals surface area (Å²) < 4.78 is 10.5. The van der Waals surface area contributed by atoms with Gasteiger partial charge in [-0.3, -0.25) is 9.69 Å². The molecule has 118 valence electrons. The largest absolute Gasteiger partial charge is 0.371 e. The molecule has 0 N–H and O–H groups in total. The Bertz CT molecular complexity index is 455. The zero-order valence-electron chi connectivity index (χ0n) is 13.2. The minimum absolute atomic E-state index is 0.0170. The number of carbonyl (C=O) groups excluding carboxylic acids is 2. The molecule has 0 aromatic carbocycles. The molecule has 3 amide bonds. The maximum atomic E-state index is 12.8. The summed E-state index contributed by atoms with van der Waals surface area (Å²) in [6.07, 6.45) is 0.140. The van der Waals surface area contributed by atoms with Crippen molar-refractivity contribution in [2.75, 3.05) is 26.3 Å². The van der Waals surface area contributed by atoms with Crippen molar-refractivity contribution in [2.24, 2.45) is 11.3 Å². The zero-order chi connectivity index (χ0) is 15.4. The summed E-state index contributed by atoms with van der Waals surface area (Å²) in [4.78, 5) is 28.8. The highest BCUT2D eigenvalue weighted by Crippen LogP contribution is 2.38. The average molecular weight is 296 g/mol. The van der Waals surface area contributed by atoms with Crippen LogP contribution in [0.15, 0.2) is 0 Å². The van der Waals surface area contributed by atoms with Crippen LogP contribution in [0.1, 0.15) is 27.7 Å². The lowest BCUT2D eigenvalue weighted by Gasteiger charge is -2.50. The quantitative estimate of drug-likeness (QED) is 0.713. The molecule has 3 fully saturated rings. The molecular weight excluding hydrogens is 272 g/mol. The maximum absolute atomic E-state index is 12.8. The van der Waals surface area contributed by atoms with Crippen LogP contribution in [0.2, 0.25) is 0 Å². The van der Waals surface area contributed by atoms with E-state index < -0.39 is 5.41 Å². The van der Waals surface area contributed by atoms with Crippen LogP contribution in [0.3, 0.4) is 0 Å². The van der Waals surface area contributed by atoms with Gasteiger partial charge >= 0.3 is 6.03 Å². The molecule has 3 aliphatic rings. The summed E-state index contributed by atoms with van der Waals surface area (Å²) in [5.41, 5.74) is -0.591. The summed E-state index contributed by atoms with van der Waals surface area (Å²) in [6, 6.07) is -0.290. The molecule has 0 aromatic rings. The highest BCUT2D eigenvalue weighted by atomic mass is 16.6. The van der Waals surface area contributed by atoms with E-state index >= 15 is 0 Å². The number of carbonyl (C=O) groups is 2. The van der Waals surface area contributed by atoms with Crippen molar-refractivity contribution in [3.05, 3.63) is 0 Å². The van der Waals surface area contributed by atoms with Gasteiger partial charge in [-0.2, -0.15) is 0 Å². The van der Waals surface area contributed by atoms with E-state index in [4.69, 9.17) is 9.47 Å². The monoisotopic (exact) mass is 296 g/mol. The second-order valence-corrected chi connectivity index (χ2v) is 7.17. The van der Waals surface area contributed by atoms with Gasteiger partial charge in [0.1, 0.15) is 0 Å². The molecule has 3 saturated heterocycles. The highest BCUT2D eigenvalue weighted by molar-refractivity contribution is 6.00. The lowest BCUT2D eigenvalue weighted by Crippen LogP contribution is -2.67. The second kappa shape index (κ2) is 4.95. The van der Waals surface area contributed by atoms with Crippen molar-refractivity contribution in [3.63, 3.8) is 0 Å². The summed E-state index contributed by atoms with van der Waals surface area (Å²) in [5, 5.41) is 0. The molecule has 0 bridgehead atoms. The molecule has 6 heteroatoms. The third-order valence-corrected chi connectivity index (χ3v) is 4.57. The minimum atomic E-state index is -0.591. The maximum Gasteiger partial charge on any atom is 0.327 e. The van der Waals surface area contributed by atoms with Gasteiger partial charge in [-0.25, -0.2) is 4.79 Å². The van der Waals surface area contributed by atoms with Gasteiger partial charge in [-0.1, -0.05) is 13.8 Å². The lowest BCUT2D eigenvalue weighted by atomic mass is 9.74. The van der Waals surface area contributed by atoms with Crippen LogP contribution in [-0.4, -0.2) is 66.3 Å². The van der Waals surface area contributed by atoms with Crippen molar-refractivity contribution in [1.82, 2.24) is 9.80 Å². The Morgan fingerprint density at radius 3 is 2.14 bits per heavy atom. The summed E-state index contributed by atoms with van der Waals surface area (Å²) >= 11 is 0. The van der Waals surface area contributed by atoms with E-state index in [2.05, 4.69) is 13.8 Å². The Morgan fingerprint density at radius 1 is 1.14 bits per heavy atom. The van der Waals surface area contributed by atoms with E-state index in [-0.39, 0.29) is 36.1 Å². The van der Waals surface area contributed by atoms with Crippen LogP contribution < -0.4 is 0 Å². The number of epoxide rings is 2. The highest BCUT2D eigenvalue weighted by Gasteiger charge is 2.54. The fourth-order valence-corrected chi connectivity index (χ4v) is 3.54. The predicted molar refractivity (Wildman–Crippen MR) is 75.7 cm³/mol. The standard InChI is InChI=1S/C15H24N2O4/c1-9(2)12-15(3,4)13(18)17(6-11-8-21-11)14(19)16(12)5-10-7-20-10/h9-12H,5-8H2,1-4H3. The molecule has 3 unspecified atom stereocenters. The van der Waals surface area contributed by atoms with Gasteiger partial charge < -0.3 is 14.4 Å². The average Bonchev–Trinajstić information content (AvgIpc) is 3.26. The fourth-order valence-electron chi connectivity index (χ4n) is 3.54. The molecule has 3 rings (SSSR count). The normalized spacial score (nSPS) is 34.6. The molecule has 3 heterocycles. The Balaban J connectivity index is 1.88. The number of rotatable bonds is 5. The molecule has 3 aliphatic heterocycles. The molecule has 0 radical (unpaired) electrons. The Morgan fingerprint density at radius 2 is 1.67 bits per heavy atom. The summed E-state index contributed by atoms with van der Waals surface area (Å²) in [6.45, 7) is 10.3. The van der Waals surface area contributed by atoms with Crippen LogP contribution in [0.5, 0.6) is 0 Å². The van der Waals surface area contributed by atoms with Gasteiger partial charge in [-0.05, 0) is 19.8 Å². The number of urea groups is 1. The van der Waals surface area contributed by atoms with Gasteiger partial charge in [0.15, 0.2) is 0 Å². The summed E-state index contributed by atoms with van der Waals surface area (Å²) in [7, 11) is 0. The number of hydrogen-bond acceptors (Lipinski definition) is 4. The lowest BCUT2D eigenvalue weighted by molar-refractivity contribution is -0.148. The van der Waals surface area contributed by atoms with Crippen LogP contribution in [0, 0.1) is 11.3 Å². The first-order chi connectivity index (χ1) is 9.82. The van der Waals surface area contributed by atoms with E-state index in [1.54, 1.807) is 0 Å². The molecule has 0 aliphatic carbocycles. The second-order valence-electron chi connectivity index (χ2n) is 7.17. The van der Waals surface area contributed by atoms with Crippen molar-refractivity contribution in [1.29, 1.82) is 0 Å². The fraction of sp³-hybridized carbons (Fsp3) is 0.867. The third kappa shape index (κ3) is 2.66. The van der Waals surface area contributed by atoms with Gasteiger partial charge in [0.05, 0.1) is 43.9 Å². The minimum Gasteiger partial charge on any atom is -0.371 e. The summed E-state index contributed by atoms with van der Waals surface area (Å²) in [5.74, 6) is 0.126. The van der Waals surface area contributed by atoms with Crippen LogP contribution in [0.4, 0.5) is 4.79 Å². The van der Waals surface area contributed by atoms with Crippen molar-refractivity contribution in [3.8, 4) is 0 Å². The molecular formula is C15H24N2O4. The van der Waals surface area contributed by atoms with Crippen molar-refractivity contribution < 1.29 is 19.1 Å². The molecule has 0 saturated carbocycles. The van der Waals surface area contributed by atoms with E-state index in [9.17, 15) is 9.59 Å². The third-order valence-electron chi connectivity index (χ3n) is 4.57. The van der Waals surface area contributed by atoms with E-state index in [0.29, 0.717) is 26.3 Å². The Kier molecular flexibility index (Phi) is 3.48. The molecule has 21 heavy (non-hydrogen) atoms. The molecule has 0 aromatic heterocycles.